The Morgan fingerprint density at radius 2 is 2.52 bits per heavy atom. The molecule has 3 rings (SSSR count). The van der Waals surface area contributed by atoms with Crippen LogP contribution >= 0.6 is 11.3 Å². The highest BCUT2D eigenvalue weighted by molar-refractivity contribution is 7.09. The number of aromatic amines is 1. The lowest BCUT2D eigenvalue weighted by molar-refractivity contribution is -0.124. The fraction of sp³-hybridized carbons (Fsp3) is 0.500. The molecule has 2 aromatic heterocycles. The minimum atomic E-state index is 0.0798. The lowest BCUT2D eigenvalue weighted by atomic mass is 10.1. The molecule has 7 heteroatoms. The molecule has 1 saturated heterocycles. The number of morpholine rings is 1. The Labute approximate surface area is 139 Å². The van der Waals surface area contributed by atoms with Gasteiger partial charge in [-0.1, -0.05) is 6.07 Å². The Hall–Kier alpha value is -1.70. The van der Waals surface area contributed by atoms with Gasteiger partial charge in [0.25, 0.3) is 0 Å². The number of ether oxygens (including phenoxy) is 1. The van der Waals surface area contributed by atoms with E-state index in [1.165, 1.54) is 4.88 Å². The number of carbonyl (C=O) groups excluding carboxylic acids is 1. The predicted molar refractivity (Wildman–Crippen MR) is 89.3 cm³/mol. The van der Waals surface area contributed by atoms with Gasteiger partial charge in [-0.25, -0.2) is 4.98 Å². The summed E-state index contributed by atoms with van der Waals surface area (Å²) >= 11 is 1.76. The van der Waals surface area contributed by atoms with Crippen molar-refractivity contribution in [3.8, 4) is 0 Å². The van der Waals surface area contributed by atoms with Crippen molar-refractivity contribution in [2.24, 2.45) is 0 Å². The number of nitrogens with zero attached hydrogens (tertiary/aromatic N) is 2. The van der Waals surface area contributed by atoms with Crippen molar-refractivity contribution in [3.05, 3.63) is 40.6 Å². The van der Waals surface area contributed by atoms with E-state index in [0.717, 1.165) is 31.8 Å². The standard InChI is InChI=1S/C16H22N4O2S/c21-16(18-4-3-13-9-17-12-19-13)8-14-11-22-6-5-20(14)10-15-2-1-7-23-15/h1-2,7,9,12,14H,3-6,8,10-11H2,(H,17,19)(H,18,21)/t14-/m0/s1. The molecule has 1 aliphatic heterocycles. The Morgan fingerprint density at radius 3 is 3.30 bits per heavy atom. The van der Waals surface area contributed by atoms with Gasteiger partial charge in [-0.05, 0) is 11.4 Å². The van der Waals surface area contributed by atoms with Crippen molar-refractivity contribution in [3.63, 3.8) is 0 Å². The molecule has 6 nitrogen and oxygen atoms in total. The van der Waals surface area contributed by atoms with Crippen LogP contribution in [-0.2, 0) is 22.5 Å². The van der Waals surface area contributed by atoms with Gasteiger partial charge in [0.1, 0.15) is 0 Å². The summed E-state index contributed by atoms with van der Waals surface area (Å²) in [6.45, 7) is 3.76. The minimum Gasteiger partial charge on any atom is -0.378 e. The van der Waals surface area contributed by atoms with Crippen LogP contribution in [0.3, 0.4) is 0 Å². The molecule has 0 bridgehead atoms. The molecule has 0 aromatic carbocycles. The summed E-state index contributed by atoms with van der Waals surface area (Å²) in [6.07, 6.45) is 4.68. The summed E-state index contributed by atoms with van der Waals surface area (Å²) in [5.41, 5.74) is 1.03. The van der Waals surface area contributed by atoms with Crippen molar-refractivity contribution in [2.75, 3.05) is 26.3 Å². The van der Waals surface area contributed by atoms with Crippen LogP contribution in [0.4, 0.5) is 0 Å². The predicted octanol–water partition coefficient (Wildman–Crippen LogP) is 1.42. The molecule has 3 heterocycles. The molecule has 2 aromatic rings. The van der Waals surface area contributed by atoms with Gasteiger partial charge < -0.3 is 15.0 Å². The van der Waals surface area contributed by atoms with E-state index in [4.69, 9.17) is 4.74 Å². The topological polar surface area (TPSA) is 70.2 Å². The molecular formula is C16H22N4O2S. The van der Waals surface area contributed by atoms with E-state index in [2.05, 4.69) is 37.7 Å². The quantitative estimate of drug-likeness (QED) is 0.803. The SMILES string of the molecule is O=C(C[C@H]1COCCN1Cc1cccs1)NCCc1cnc[nH]1. The summed E-state index contributed by atoms with van der Waals surface area (Å²) in [5.74, 6) is 0.0798. The van der Waals surface area contributed by atoms with Crippen LogP contribution in [0.15, 0.2) is 30.0 Å². The van der Waals surface area contributed by atoms with Gasteiger partial charge in [0, 0.05) is 55.3 Å². The third-order valence-corrected chi connectivity index (χ3v) is 4.84. The minimum absolute atomic E-state index is 0.0798. The van der Waals surface area contributed by atoms with Crippen molar-refractivity contribution >= 4 is 17.2 Å². The van der Waals surface area contributed by atoms with Crippen molar-refractivity contribution in [2.45, 2.75) is 25.4 Å². The van der Waals surface area contributed by atoms with Crippen LogP contribution in [0, 0.1) is 0 Å². The van der Waals surface area contributed by atoms with Gasteiger partial charge in [0.05, 0.1) is 19.5 Å². The first-order chi connectivity index (χ1) is 11.3. The second kappa shape index (κ2) is 8.24. The van der Waals surface area contributed by atoms with Gasteiger partial charge in [-0.15, -0.1) is 11.3 Å². The fourth-order valence-electron chi connectivity index (χ4n) is 2.73. The van der Waals surface area contributed by atoms with Gasteiger partial charge in [0.2, 0.25) is 5.91 Å². The van der Waals surface area contributed by atoms with E-state index in [9.17, 15) is 4.79 Å². The average Bonchev–Trinajstić information content (AvgIpc) is 3.23. The molecule has 0 unspecified atom stereocenters. The average molecular weight is 334 g/mol. The molecule has 124 valence electrons. The highest BCUT2D eigenvalue weighted by Gasteiger charge is 2.25. The van der Waals surface area contributed by atoms with E-state index in [-0.39, 0.29) is 11.9 Å². The van der Waals surface area contributed by atoms with E-state index >= 15 is 0 Å². The second-order valence-corrected chi connectivity index (χ2v) is 6.69. The van der Waals surface area contributed by atoms with Crippen molar-refractivity contribution < 1.29 is 9.53 Å². The Balaban J connectivity index is 1.45. The second-order valence-electron chi connectivity index (χ2n) is 5.66. The van der Waals surface area contributed by atoms with Crippen LogP contribution in [0.2, 0.25) is 0 Å². The number of rotatable bonds is 7. The zero-order chi connectivity index (χ0) is 15.9. The third-order valence-electron chi connectivity index (χ3n) is 3.98. The maximum atomic E-state index is 12.2. The lowest BCUT2D eigenvalue weighted by Crippen LogP contribution is -2.47. The first-order valence-electron chi connectivity index (χ1n) is 7.89. The van der Waals surface area contributed by atoms with Crippen molar-refractivity contribution in [1.29, 1.82) is 0 Å². The van der Waals surface area contributed by atoms with Gasteiger partial charge in [-0.3, -0.25) is 9.69 Å². The normalized spacial score (nSPS) is 18.9. The van der Waals surface area contributed by atoms with E-state index in [1.807, 2.05) is 0 Å². The molecule has 0 radical (unpaired) electrons. The monoisotopic (exact) mass is 334 g/mol. The first kappa shape index (κ1) is 16.2. The number of carbonyl (C=O) groups is 1. The number of thiophene rings is 1. The molecule has 1 atom stereocenters. The van der Waals surface area contributed by atoms with Crippen LogP contribution in [-0.4, -0.2) is 53.1 Å². The molecule has 0 aliphatic carbocycles. The third kappa shape index (κ3) is 4.89. The summed E-state index contributed by atoms with van der Waals surface area (Å²) < 4.78 is 5.56. The van der Waals surface area contributed by atoms with E-state index in [0.29, 0.717) is 19.6 Å². The van der Waals surface area contributed by atoms with E-state index < -0.39 is 0 Å². The van der Waals surface area contributed by atoms with E-state index in [1.54, 1.807) is 23.9 Å². The summed E-state index contributed by atoms with van der Waals surface area (Å²) in [5, 5.41) is 5.07. The largest absolute Gasteiger partial charge is 0.378 e. The molecule has 0 saturated carbocycles. The number of H-pyrrole nitrogens is 1. The smallest absolute Gasteiger partial charge is 0.221 e. The maximum absolute atomic E-state index is 12.2. The highest BCUT2D eigenvalue weighted by atomic mass is 32.1. The zero-order valence-electron chi connectivity index (χ0n) is 13.0. The first-order valence-corrected chi connectivity index (χ1v) is 8.77. The van der Waals surface area contributed by atoms with Crippen LogP contribution in [0.1, 0.15) is 17.0 Å². The Bertz CT molecular complexity index is 585. The maximum Gasteiger partial charge on any atom is 0.221 e. The number of hydrogen-bond acceptors (Lipinski definition) is 5. The van der Waals surface area contributed by atoms with Crippen LogP contribution in [0.5, 0.6) is 0 Å². The van der Waals surface area contributed by atoms with Crippen LogP contribution < -0.4 is 5.32 Å². The Kier molecular flexibility index (Phi) is 5.79. The fourth-order valence-corrected chi connectivity index (χ4v) is 3.46. The van der Waals surface area contributed by atoms with Gasteiger partial charge in [-0.2, -0.15) is 0 Å². The molecular weight excluding hydrogens is 312 g/mol. The number of hydrogen-bond donors (Lipinski definition) is 2. The Morgan fingerprint density at radius 1 is 1.57 bits per heavy atom. The molecule has 1 aliphatic rings. The van der Waals surface area contributed by atoms with Crippen molar-refractivity contribution in [1.82, 2.24) is 20.2 Å². The highest BCUT2D eigenvalue weighted by Crippen LogP contribution is 2.17. The molecule has 1 fully saturated rings. The zero-order valence-corrected chi connectivity index (χ0v) is 13.8. The molecule has 23 heavy (non-hydrogen) atoms. The number of amides is 1. The summed E-state index contributed by atoms with van der Waals surface area (Å²) in [7, 11) is 0. The summed E-state index contributed by atoms with van der Waals surface area (Å²) in [6, 6.07) is 4.36. The number of imidazole rings is 1. The van der Waals surface area contributed by atoms with Crippen LogP contribution in [0.25, 0.3) is 0 Å². The molecule has 1 amide bonds. The molecule has 2 N–H and O–H groups in total. The summed E-state index contributed by atoms with van der Waals surface area (Å²) in [4.78, 5) is 22.9. The lowest BCUT2D eigenvalue weighted by Gasteiger charge is -2.34. The number of nitrogens with one attached hydrogen (secondary N) is 2. The molecule has 0 spiro atoms. The van der Waals surface area contributed by atoms with Gasteiger partial charge in [0.15, 0.2) is 0 Å². The van der Waals surface area contributed by atoms with Gasteiger partial charge >= 0.3 is 0 Å². The number of aromatic nitrogens is 2.